The fourth-order valence-corrected chi connectivity index (χ4v) is 1.94. The van der Waals surface area contributed by atoms with E-state index >= 15 is 0 Å². The smallest absolute Gasteiger partial charge is 0.261 e. The summed E-state index contributed by atoms with van der Waals surface area (Å²) in [4.78, 5) is 11.9. The Kier molecular flexibility index (Phi) is 4.37. The SMILES string of the molecule is C/C(=N/NC(=O)Cn1nc(C)cc1C)c1ccc(N)cc1. The number of nitrogens with zero attached hydrogens (tertiary/aromatic N) is 3. The number of nitrogens with one attached hydrogen (secondary N) is 1. The first kappa shape index (κ1) is 14.8. The summed E-state index contributed by atoms with van der Waals surface area (Å²) in [6, 6.07) is 9.25. The highest BCUT2D eigenvalue weighted by atomic mass is 16.2. The topological polar surface area (TPSA) is 85.3 Å². The molecule has 3 N–H and O–H groups in total. The molecule has 0 saturated heterocycles. The Morgan fingerprint density at radius 2 is 2.00 bits per heavy atom. The Balaban J connectivity index is 1.98. The summed E-state index contributed by atoms with van der Waals surface area (Å²) >= 11 is 0. The van der Waals surface area contributed by atoms with Crippen LogP contribution in [0.3, 0.4) is 0 Å². The van der Waals surface area contributed by atoms with Gasteiger partial charge in [-0.05, 0) is 44.5 Å². The maximum atomic E-state index is 11.9. The molecule has 0 radical (unpaired) electrons. The van der Waals surface area contributed by atoms with Crippen molar-refractivity contribution in [2.24, 2.45) is 5.10 Å². The van der Waals surface area contributed by atoms with Gasteiger partial charge in [0.15, 0.2) is 0 Å². The first-order valence-electron chi connectivity index (χ1n) is 6.66. The zero-order chi connectivity index (χ0) is 15.4. The molecule has 0 fully saturated rings. The minimum Gasteiger partial charge on any atom is -0.399 e. The number of hydrazone groups is 1. The molecule has 110 valence electrons. The van der Waals surface area contributed by atoms with Crippen molar-refractivity contribution in [3.8, 4) is 0 Å². The van der Waals surface area contributed by atoms with Gasteiger partial charge in [0.2, 0.25) is 0 Å². The molecular weight excluding hydrogens is 266 g/mol. The largest absolute Gasteiger partial charge is 0.399 e. The van der Waals surface area contributed by atoms with Crippen LogP contribution >= 0.6 is 0 Å². The number of aromatic nitrogens is 2. The minimum absolute atomic E-state index is 0.151. The van der Waals surface area contributed by atoms with Crippen LogP contribution < -0.4 is 11.2 Å². The summed E-state index contributed by atoms with van der Waals surface area (Å²) in [7, 11) is 0. The van der Waals surface area contributed by atoms with Crippen LogP contribution in [0, 0.1) is 13.8 Å². The number of nitrogen functional groups attached to an aromatic ring is 1. The van der Waals surface area contributed by atoms with Gasteiger partial charge in [0.05, 0.1) is 11.4 Å². The summed E-state index contributed by atoms with van der Waals surface area (Å²) in [6.45, 7) is 5.79. The molecule has 1 heterocycles. The lowest BCUT2D eigenvalue weighted by molar-refractivity contribution is -0.121. The van der Waals surface area contributed by atoms with Crippen LogP contribution in [0.4, 0.5) is 5.69 Å². The number of rotatable bonds is 4. The lowest BCUT2D eigenvalue weighted by Gasteiger charge is -2.05. The molecule has 2 aromatic rings. The molecule has 0 atom stereocenters. The van der Waals surface area contributed by atoms with E-state index in [2.05, 4.69) is 15.6 Å². The van der Waals surface area contributed by atoms with E-state index in [1.807, 2.05) is 39.0 Å². The van der Waals surface area contributed by atoms with Gasteiger partial charge in [-0.3, -0.25) is 9.48 Å². The Bertz CT molecular complexity index is 670. The van der Waals surface area contributed by atoms with Crippen LogP contribution in [0.5, 0.6) is 0 Å². The van der Waals surface area contributed by atoms with Crippen molar-refractivity contribution in [1.82, 2.24) is 15.2 Å². The monoisotopic (exact) mass is 285 g/mol. The van der Waals surface area contributed by atoms with Crippen molar-refractivity contribution in [3.63, 3.8) is 0 Å². The summed E-state index contributed by atoms with van der Waals surface area (Å²) in [5, 5.41) is 8.33. The average Bonchev–Trinajstić information content (AvgIpc) is 2.75. The number of carbonyl (C=O) groups excluding carboxylic acids is 1. The second-order valence-corrected chi connectivity index (χ2v) is 4.94. The van der Waals surface area contributed by atoms with Gasteiger partial charge in [0.25, 0.3) is 5.91 Å². The highest BCUT2D eigenvalue weighted by molar-refractivity contribution is 5.99. The molecule has 0 bridgehead atoms. The van der Waals surface area contributed by atoms with Crippen LogP contribution in [0.15, 0.2) is 35.4 Å². The molecule has 0 spiro atoms. The third kappa shape index (κ3) is 3.92. The summed E-state index contributed by atoms with van der Waals surface area (Å²) in [6.07, 6.45) is 0. The van der Waals surface area contributed by atoms with Gasteiger partial charge in [-0.25, -0.2) is 5.43 Å². The Labute approximate surface area is 123 Å². The predicted octanol–water partition coefficient (Wildman–Crippen LogP) is 1.62. The van der Waals surface area contributed by atoms with E-state index in [0.29, 0.717) is 5.69 Å². The van der Waals surface area contributed by atoms with Gasteiger partial charge in [-0.15, -0.1) is 0 Å². The normalized spacial score (nSPS) is 11.5. The maximum absolute atomic E-state index is 11.9. The lowest BCUT2D eigenvalue weighted by Crippen LogP contribution is -2.25. The second-order valence-electron chi connectivity index (χ2n) is 4.94. The van der Waals surface area contributed by atoms with Crippen molar-refractivity contribution in [1.29, 1.82) is 0 Å². The van der Waals surface area contributed by atoms with Gasteiger partial charge in [0.1, 0.15) is 6.54 Å². The van der Waals surface area contributed by atoms with Crippen molar-refractivity contribution in [3.05, 3.63) is 47.3 Å². The maximum Gasteiger partial charge on any atom is 0.261 e. The molecule has 0 unspecified atom stereocenters. The molecule has 6 heteroatoms. The Morgan fingerprint density at radius 1 is 1.33 bits per heavy atom. The van der Waals surface area contributed by atoms with Gasteiger partial charge < -0.3 is 5.73 Å². The third-order valence-electron chi connectivity index (χ3n) is 3.07. The lowest BCUT2D eigenvalue weighted by atomic mass is 10.1. The first-order chi connectivity index (χ1) is 9.95. The van der Waals surface area contributed by atoms with E-state index in [1.54, 1.807) is 16.8 Å². The fraction of sp³-hybridized carbons (Fsp3) is 0.267. The van der Waals surface area contributed by atoms with Crippen LogP contribution in [-0.2, 0) is 11.3 Å². The van der Waals surface area contributed by atoms with Crippen LogP contribution in [0.1, 0.15) is 23.9 Å². The zero-order valence-electron chi connectivity index (χ0n) is 12.4. The quantitative estimate of drug-likeness (QED) is 0.508. The van der Waals surface area contributed by atoms with E-state index in [-0.39, 0.29) is 12.5 Å². The van der Waals surface area contributed by atoms with E-state index < -0.39 is 0 Å². The van der Waals surface area contributed by atoms with Gasteiger partial charge >= 0.3 is 0 Å². The molecule has 0 aliphatic rings. The number of benzene rings is 1. The van der Waals surface area contributed by atoms with Crippen LogP contribution in [0.2, 0.25) is 0 Å². The second kappa shape index (κ2) is 6.21. The van der Waals surface area contributed by atoms with E-state index in [4.69, 9.17) is 5.73 Å². The highest BCUT2D eigenvalue weighted by Gasteiger charge is 2.06. The van der Waals surface area contributed by atoms with Crippen LogP contribution in [0.25, 0.3) is 0 Å². The van der Waals surface area contributed by atoms with E-state index in [1.165, 1.54) is 0 Å². The summed E-state index contributed by atoms with van der Waals surface area (Å²) in [5.41, 5.74) is 12.3. The number of aryl methyl sites for hydroxylation is 2. The zero-order valence-corrected chi connectivity index (χ0v) is 12.4. The van der Waals surface area contributed by atoms with E-state index in [0.717, 1.165) is 22.7 Å². The van der Waals surface area contributed by atoms with Gasteiger partial charge in [0, 0.05) is 11.4 Å². The van der Waals surface area contributed by atoms with Crippen LogP contribution in [-0.4, -0.2) is 21.4 Å². The van der Waals surface area contributed by atoms with Crippen molar-refractivity contribution in [2.75, 3.05) is 5.73 Å². The summed E-state index contributed by atoms with van der Waals surface area (Å²) < 4.78 is 1.65. The standard InChI is InChI=1S/C15H19N5O/c1-10-8-11(2)20(19-10)9-15(21)18-17-12(3)13-4-6-14(16)7-5-13/h4-8H,9,16H2,1-3H3,(H,18,21)/b17-12-. The number of amides is 1. The van der Waals surface area contributed by atoms with Crippen molar-refractivity contribution >= 4 is 17.3 Å². The Morgan fingerprint density at radius 3 is 2.57 bits per heavy atom. The predicted molar refractivity (Wildman–Crippen MR) is 82.9 cm³/mol. The number of carbonyl (C=O) groups is 1. The highest BCUT2D eigenvalue weighted by Crippen LogP contribution is 2.06. The number of anilines is 1. The molecule has 0 aliphatic heterocycles. The molecule has 1 aromatic heterocycles. The molecular formula is C15H19N5O. The van der Waals surface area contributed by atoms with Crippen molar-refractivity contribution < 1.29 is 4.79 Å². The number of hydrogen-bond acceptors (Lipinski definition) is 4. The van der Waals surface area contributed by atoms with E-state index in [9.17, 15) is 4.79 Å². The molecule has 0 aliphatic carbocycles. The number of hydrogen-bond donors (Lipinski definition) is 2. The summed E-state index contributed by atoms with van der Waals surface area (Å²) in [5.74, 6) is -0.212. The Hall–Kier alpha value is -2.63. The number of nitrogens with two attached hydrogens (primary N) is 1. The first-order valence-corrected chi connectivity index (χ1v) is 6.66. The molecule has 21 heavy (non-hydrogen) atoms. The van der Waals surface area contributed by atoms with Gasteiger partial charge in [-0.2, -0.15) is 10.2 Å². The fourth-order valence-electron chi connectivity index (χ4n) is 1.94. The van der Waals surface area contributed by atoms with Crippen molar-refractivity contribution in [2.45, 2.75) is 27.3 Å². The molecule has 1 amide bonds. The molecule has 6 nitrogen and oxygen atoms in total. The third-order valence-corrected chi connectivity index (χ3v) is 3.07. The molecule has 1 aromatic carbocycles. The molecule has 2 rings (SSSR count). The minimum atomic E-state index is -0.212. The van der Waals surface area contributed by atoms with Gasteiger partial charge in [-0.1, -0.05) is 12.1 Å². The molecule has 0 saturated carbocycles. The average molecular weight is 285 g/mol.